The summed E-state index contributed by atoms with van der Waals surface area (Å²) < 4.78 is 5.79. The molecule has 34 heavy (non-hydrogen) atoms. The predicted octanol–water partition coefficient (Wildman–Crippen LogP) is 4.62. The fourth-order valence-electron chi connectivity index (χ4n) is 3.36. The van der Waals surface area contributed by atoms with Gasteiger partial charge in [0.05, 0.1) is 6.20 Å². The van der Waals surface area contributed by atoms with Gasteiger partial charge in [0, 0.05) is 30.8 Å². The normalized spacial score (nSPS) is 14.3. The zero-order valence-electron chi connectivity index (χ0n) is 20.1. The molecule has 182 valence electrons. The molecule has 1 aliphatic rings. The maximum atomic E-state index is 12.5. The molecule has 3 heterocycles. The van der Waals surface area contributed by atoms with E-state index in [2.05, 4.69) is 32.8 Å². The van der Waals surface area contributed by atoms with E-state index in [0.717, 1.165) is 32.4 Å². The molecule has 0 saturated carbocycles. The molecule has 10 heteroatoms. The zero-order valence-corrected chi connectivity index (χ0v) is 20.1. The fourth-order valence-corrected chi connectivity index (χ4v) is 3.36. The van der Waals surface area contributed by atoms with Gasteiger partial charge in [-0.1, -0.05) is 34.1 Å². The third kappa shape index (κ3) is 7.16. The molecule has 0 aliphatic carbocycles. The Balaban J connectivity index is 1.53. The van der Waals surface area contributed by atoms with Crippen molar-refractivity contribution in [1.82, 2.24) is 20.2 Å². The number of hydrogen-bond acceptors (Lipinski definition) is 6. The van der Waals surface area contributed by atoms with Crippen LogP contribution in [0.2, 0.25) is 0 Å². The van der Waals surface area contributed by atoms with E-state index in [0.29, 0.717) is 23.2 Å². The molecule has 0 spiro atoms. The van der Waals surface area contributed by atoms with Gasteiger partial charge in [-0.3, -0.25) is 20.7 Å². The van der Waals surface area contributed by atoms with Crippen LogP contribution < -0.4 is 20.7 Å². The van der Waals surface area contributed by atoms with Gasteiger partial charge in [-0.2, -0.15) is 0 Å². The van der Waals surface area contributed by atoms with Crippen molar-refractivity contribution in [1.29, 1.82) is 0 Å². The van der Waals surface area contributed by atoms with E-state index in [9.17, 15) is 14.4 Å². The van der Waals surface area contributed by atoms with E-state index < -0.39 is 17.4 Å². The highest BCUT2D eigenvalue weighted by Crippen LogP contribution is 2.24. The van der Waals surface area contributed by atoms with Crippen LogP contribution in [0, 0.1) is 11.3 Å². The molecule has 2 aromatic heterocycles. The number of carbonyl (C=O) groups excluding carboxylic acids is 3. The first-order valence-electron chi connectivity index (χ1n) is 11.4. The van der Waals surface area contributed by atoms with Crippen LogP contribution >= 0.6 is 0 Å². The standard InChI is InChI=1S/C24H32N6O4/c1-5-16-9-12-30(13-10-16)23(33)28-20-14-17(8-11-25-20)34-18-6-7-19(26-15-18)27-22(32)29-21(31)24(2,3)4/h6-8,11,14-16H,5,9-10,12-13H2,1-4H3,(H,25,28,33)(H2,26,27,29,31,32). The molecule has 3 rings (SSSR count). The summed E-state index contributed by atoms with van der Waals surface area (Å²) in [6.07, 6.45) is 6.18. The van der Waals surface area contributed by atoms with Crippen molar-refractivity contribution in [3.05, 3.63) is 36.7 Å². The maximum absolute atomic E-state index is 12.5. The molecular weight excluding hydrogens is 436 g/mol. The SMILES string of the molecule is CCC1CCN(C(=O)Nc2cc(Oc3ccc(NC(=O)NC(=O)C(C)(C)C)nc3)ccn2)CC1. The largest absolute Gasteiger partial charge is 0.456 e. The lowest BCUT2D eigenvalue weighted by Crippen LogP contribution is -2.41. The Hall–Kier alpha value is -3.69. The van der Waals surface area contributed by atoms with Gasteiger partial charge in [-0.25, -0.2) is 19.6 Å². The number of piperidine rings is 1. The van der Waals surface area contributed by atoms with Crippen LogP contribution in [0.3, 0.4) is 0 Å². The summed E-state index contributed by atoms with van der Waals surface area (Å²) in [4.78, 5) is 46.5. The second-order valence-corrected chi connectivity index (χ2v) is 9.29. The summed E-state index contributed by atoms with van der Waals surface area (Å²) in [6, 6.07) is 5.66. The first kappa shape index (κ1) is 24.9. The lowest BCUT2D eigenvalue weighted by Gasteiger charge is -2.31. The number of amides is 5. The first-order chi connectivity index (χ1) is 16.1. The Bertz CT molecular complexity index is 1010. The molecule has 1 fully saturated rings. The van der Waals surface area contributed by atoms with Crippen molar-refractivity contribution in [2.75, 3.05) is 23.7 Å². The van der Waals surface area contributed by atoms with E-state index in [-0.39, 0.29) is 11.8 Å². The number of nitrogens with one attached hydrogen (secondary N) is 3. The quantitative estimate of drug-likeness (QED) is 0.588. The Morgan fingerprint density at radius 3 is 2.38 bits per heavy atom. The molecule has 0 aromatic carbocycles. The number of nitrogens with zero attached hydrogens (tertiary/aromatic N) is 3. The molecule has 1 aliphatic heterocycles. The van der Waals surface area contributed by atoms with Gasteiger partial charge in [-0.15, -0.1) is 0 Å². The highest BCUT2D eigenvalue weighted by Gasteiger charge is 2.23. The number of pyridine rings is 2. The molecule has 0 bridgehead atoms. The summed E-state index contributed by atoms with van der Waals surface area (Å²) in [5.74, 6) is 1.87. The number of ether oxygens (including phenoxy) is 1. The number of hydrogen-bond donors (Lipinski definition) is 3. The van der Waals surface area contributed by atoms with Gasteiger partial charge in [0.15, 0.2) is 0 Å². The average Bonchev–Trinajstić information content (AvgIpc) is 2.80. The summed E-state index contributed by atoms with van der Waals surface area (Å²) in [7, 11) is 0. The summed E-state index contributed by atoms with van der Waals surface area (Å²) in [5.41, 5.74) is -0.683. The second kappa shape index (κ2) is 11.0. The minimum absolute atomic E-state index is 0.167. The molecule has 0 unspecified atom stereocenters. The van der Waals surface area contributed by atoms with Crippen molar-refractivity contribution in [3.8, 4) is 11.5 Å². The van der Waals surface area contributed by atoms with Crippen LogP contribution in [0.1, 0.15) is 47.0 Å². The van der Waals surface area contributed by atoms with Gasteiger partial charge < -0.3 is 9.64 Å². The summed E-state index contributed by atoms with van der Waals surface area (Å²) >= 11 is 0. The fraction of sp³-hybridized carbons (Fsp3) is 0.458. The van der Waals surface area contributed by atoms with Crippen LogP contribution in [-0.2, 0) is 4.79 Å². The lowest BCUT2D eigenvalue weighted by molar-refractivity contribution is -0.127. The van der Waals surface area contributed by atoms with Crippen LogP contribution in [0.25, 0.3) is 0 Å². The van der Waals surface area contributed by atoms with E-state index in [1.54, 1.807) is 51.2 Å². The van der Waals surface area contributed by atoms with Gasteiger partial charge in [0.2, 0.25) is 5.91 Å². The minimum Gasteiger partial charge on any atom is -0.456 e. The Morgan fingerprint density at radius 1 is 1.03 bits per heavy atom. The molecule has 5 amide bonds. The predicted molar refractivity (Wildman–Crippen MR) is 129 cm³/mol. The Morgan fingerprint density at radius 2 is 1.76 bits per heavy atom. The number of aromatic nitrogens is 2. The number of carbonyl (C=O) groups is 3. The monoisotopic (exact) mass is 468 g/mol. The Labute approximate surface area is 199 Å². The topological polar surface area (TPSA) is 126 Å². The second-order valence-electron chi connectivity index (χ2n) is 9.29. The molecule has 0 atom stereocenters. The van der Waals surface area contributed by atoms with Crippen molar-refractivity contribution in [2.24, 2.45) is 11.3 Å². The Kier molecular flexibility index (Phi) is 8.04. The van der Waals surface area contributed by atoms with Crippen molar-refractivity contribution in [3.63, 3.8) is 0 Å². The third-order valence-electron chi connectivity index (χ3n) is 5.57. The third-order valence-corrected chi connectivity index (χ3v) is 5.57. The van der Waals surface area contributed by atoms with Crippen LogP contribution in [-0.4, -0.2) is 45.9 Å². The molecule has 3 N–H and O–H groups in total. The van der Waals surface area contributed by atoms with Crippen molar-refractivity contribution < 1.29 is 19.1 Å². The van der Waals surface area contributed by atoms with Crippen molar-refractivity contribution in [2.45, 2.75) is 47.0 Å². The number of anilines is 2. The minimum atomic E-state index is -0.683. The van der Waals surface area contributed by atoms with Crippen molar-refractivity contribution >= 4 is 29.6 Å². The number of imide groups is 1. The molecule has 10 nitrogen and oxygen atoms in total. The van der Waals surface area contributed by atoms with E-state index in [4.69, 9.17) is 4.74 Å². The highest BCUT2D eigenvalue weighted by atomic mass is 16.5. The molecule has 2 aromatic rings. The van der Waals surface area contributed by atoms with Gasteiger partial charge in [0.1, 0.15) is 23.1 Å². The van der Waals surface area contributed by atoms with E-state index >= 15 is 0 Å². The molecule has 0 radical (unpaired) electrons. The first-order valence-corrected chi connectivity index (χ1v) is 11.4. The smallest absolute Gasteiger partial charge is 0.327 e. The molecule has 1 saturated heterocycles. The number of likely N-dealkylation sites (tertiary alicyclic amines) is 1. The van der Waals surface area contributed by atoms with E-state index in [1.807, 2.05) is 4.90 Å². The highest BCUT2D eigenvalue weighted by molar-refractivity contribution is 6.02. The van der Waals surface area contributed by atoms with Crippen LogP contribution in [0.4, 0.5) is 21.2 Å². The van der Waals surface area contributed by atoms with Crippen LogP contribution in [0.15, 0.2) is 36.7 Å². The van der Waals surface area contributed by atoms with Crippen LogP contribution in [0.5, 0.6) is 11.5 Å². The van der Waals surface area contributed by atoms with Gasteiger partial charge in [-0.05, 0) is 37.0 Å². The van der Waals surface area contributed by atoms with Gasteiger partial charge in [0.25, 0.3) is 0 Å². The number of rotatable bonds is 5. The summed E-state index contributed by atoms with van der Waals surface area (Å²) in [5, 5.41) is 7.60. The number of urea groups is 2. The average molecular weight is 469 g/mol. The van der Waals surface area contributed by atoms with E-state index in [1.165, 1.54) is 6.20 Å². The zero-order chi connectivity index (χ0) is 24.7. The lowest BCUT2D eigenvalue weighted by atomic mass is 9.95. The maximum Gasteiger partial charge on any atom is 0.327 e. The molecular formula is C24H32N6O4. The summed E-state index contributed by atoms with van der Waals surface area (Å²) in [6.45, 7) is 8.81. The van der Waals surface area contributed by atoms with Gasteiger partial charge >= 0.3 is 12.1 Å².